The summed E-state index contributed by atoms with van der Waals surface area (Å²) in [5.74, 6) is 0.381. The molecule has 0 atom stereocenters. The number of hydrogen-bond acceptors (Lipinski definition) is 5. The van der Waals surface area contributed by atoms with Crippen LogP contribution >= 0.6 is 22.9 Å². The maximum atomic E-state index is 12.9. The molecule has 1 fully saturated rings. The van der Waals surface area contributed by atoms with Gasteiger partial charge in [0.1, 0.15) is 0 Å². The van der Waals surface area contributed by atoms with Crippen molar-refractivity contribution in [3.63, 3.8) is 0 Å². The van der Waals surface area contributed by atoms with Gasteiger partial charge in [-0.2, -0.15) is 0 Å². The molecule has 0 unspecified atom stereocenters. The molecule has 24 heavy (non-hydrogen) atoms. The number of hydrogen-bond donors (Lipinski definition) is 0. The number of halogens is 1. The normalized spacial score (nSPS) is 14.0. The zero-order chi connectivity index (χ0) is 16.9. The molecule has 0 aliphatic carbocycles. The molecule has 2 aromatic heterocycles. The van der Waals surface area contributed by atoms with Gasteiger partial charge < -0.3 is 9.80 Å². The largest absolute Gasteiger partial charge is 0.341 e. The van der Waals surface area contributed by atoms with Gasteiger partial charge in [0.05, 0.1) is 17.8 Å². The molecule has 3 heterocycles. The second-order valence-corrected chi connectivity index (χ2v) is 7.05. The molecule has 1 amide bonds. The molecule has 0 aromatic carbocycles. The second kappa shape index (κ2) is 7.77. The lowest BCUT2D eigenvalue weighted by atomic mass is 10.3. The number of carbonyl (C=O) groups is 1. The van der Waals surface area contributed by atoms with Crippen LogP contribution in [0.1, 0.15) is 28.2 Å². The van der Waals surface area contributed by atoms with Crippen molar-refractivity contribution in [2.24, 2.45) is 0 Å². The van der Waals surface area contributed by atoms with Gasteiger partial charge in [-0.25, -0.2) is 9.97 Å². The maximum Gasteiger partial charge on any atom is 0.274 e. The van der Waals surface area contributed by atoms with Crippen LogP contribution in [0.2, 0.25) is 5.02 Å². The van der Waals surface area contributed by atoms with E-state index in [1.54, 1.807) is 22.3 Å². The Morgan fingerprint density at radius 2 is 2.25 bits per heavy atom. The summed E-state index contributed by atoms with van der Waals surface area (Å²) in [6.45, 7) is 6.54. The highest BCUT2D eigenvalue weighted by atomic mass is 35.5. The number of thiophene rings is 1. The van der Waals surface area contributed by atoms with Gasteiger partial charge in [-0.3, -0.25) is 4.79 Å². The van der Waals surface area contributed by atoms with Crippen molar-refractivity contribution < 1.29 is 4.79 Å². The Bertz CT molecular complexity index is 713. The Kier molecular flexibility index (Phi) is 5.48. The smallest absolute Gasteiger partial charge is 0.274 e. The van der Waals surface area contributed by atoms with Gasteiger partial charge in [-0.15, -0.1) is 17.9 Å². The first-order valence-electron chi connectivity index (χ1n) is 7.89. The molecule has 1 aliphatic heterocycles. The number of nitrogens with zero attached hydrogens (tertiary/aromatic N) is 4. The molecule has 0 N–H and O–H groups in total. The quantitative estimate of drug-likeness (QED) is 0.736. The Balaban J connectivity index is 1.85. The summed E-state index contributed by atoms with van der Waals surface area (Å²) < 4.78 is 0. The van der Waals surface area contributed by atoms with Gasteiger partial charge in [-0.1, -0.05) is 23.7 Å². The van der Waals surface area contributed by atoms with Crippen LogP contribution in [0, 0.1) is 0 Å². The van der Waals surface area contributed by atoms with E-state index in [1.807, 2.05) is 17.5 Å². The average Bonchev–Trinajstić information content (AvgIpc) is 3.28. The van der Waals surface area contributed by atoms with Crippen molar-refractivity contribution in [2.45, 2.75) is 19.4 Å². The molecule has 1 saturated heterocycles. The predicted molar refractivity (Wildman–Crippen MR) is 97.7 cm³/mol. The van der Waals surface area contributed by atoms with Crippen LogP contribution in [0.15, 0.2) is 36.4 Å². The van der Waals surface area contributed by atoms with Gasteiger partial charge in [-0.05, 0) is 24.3 Å². The molecule has 5 nitrogen and oxygen atoms in total. The van der Waals surface area contributed by atoms with E-state index in [9.17, 15) is 4.79 Å². The fraction of sp³-hybridized carbons (Fsp3) is 0.353. The molecule has 0 bridgehead atoms. The molecule has 3 rings (SSSR count). The lowest BCUT2D eigenvalue weighted by Crippen LogP contribution is -2.32. The number of anilines is 1. The van der Waals surface area contributed by atoms with E-state index in [4.69, 9.17) is 11.6 Å². The number of aromatic nitrogens is 2. The first-order valence-corrected chi connectivity index (χ1v) is 9.15. The molecule has 1 aliphatic rings. The Morgan fingerprint density at radius 1 is 1.46 bits per heavy atom. The minimum Gasteiger partial charge on any atom is -0.341 e. The molecule has 2 aromatic rings. The van der Waals surface area contributed by atoms with E-state index in [1.165, 1.54) is 6.20 Å². The van der Waals surface area contributed by atoms with Gasteiger partial charge in [0.15, 0.2) is 5.69 Å². The standard InChI is InChI=1S/C17H19ClN4OS/c1-2-7-22(12-13-6-5-10-24-13)16(23)15-14(18)11-19-17(20-15)21-8-3-4-9-21/h2,5-6,10-11H,1,3-4,7-9,12H2. The van der Waals surface area contributed by atoms with E-state index >= 15 is 0 Å². The summed E-state index contributed by atoms with van der Waals surface area (Å²) >= 11 is 7.82. The summed E-state index contributed by atoms with van der Waals surface area (Å²) in [5.41, 5.74) is 0.256. The Morgan fingerprint density at radius 3 is 2.92 bits per heavy atom. The van der Waals surface area contributed by atoms with E-state index in [-0.39, 0.29) is 16.6 Å². The lowest BCUT2D eigenvalue weighted by Gasteiger charge is -2.22. The fourth-order valence-electron chi connectivity index (χ4n) is 2.69. The van der Waals surface area contributed by atoms with Crippen molar-refractivity contribution in [1.82, 2.24) is 14.9 Å². The number of rotatable bonds is 6. The predicted octanol–water partition coefficient (Wildman–Crippen LogP) is 3.62. The summed E-state index contributed by atoms with van der Waals surface area (Å²) in [5, 5.41) is 2.28. The van der Waals surface area contributed by atoms with Crippen LogP contribution in [0.5, 0.6) is 0 Å². The molecular formula is C17H19ClN4OS. The maximum absolute atomic E-state index is 12.9. The third-order valence-electron chi connectivity index (χ3n) is 3.89. The summed E-state index contributed by atoms with van der Waals surface area (Å²) in [6, 6.07) is 3.98. The van der Waals surface area contributed by atoms with Crippen LogP contribution in [0.3, 0.4) is 0 Å². The Hall–Kier alpha value is -1.92. The third kappa shape index (κ3) is 3.76. The molecule has 0 radical (unpaired) electrons. The number of carbonyl (C=O) groups excluding carboxylic acids is 1. The number of amides is 1. The molecular weight excluding hydrogens is 344 g/mol. The van der Waals surface area contributed by atoms with Gasteiger partial charge in [0, 0.05) is 24.5 Å². The summed E-state index contributed by atoms with van der Waals surface area (Å²) in [4.78, 5) is 26.6. The minimum atomic E-state index is -0.198. The van der Waals surface area contributed by atoms with Crippen LogP contribution in [0.4, 0.5) is 5.95 Å². The molecule has 126 valence electrons. The zero-order valence-corrected chi connectivity index (χ0v) is 14.9. The van der Waals surface area contributed by atoms with Crippen molar-refractivity contribution in [3.8, 4) is 0 Å². The topological polar surface area (TPSA) is 49.3 Å². The van der Waals surface area contributed by atoms with Crippen LogP contribution < -0.4 is 4.90 Å². The highest BCUT2D eigenvalue weighted by Crippen LogP contribution is 2.22. The van der Waals surface area contributed by atoms with Crippen molar-refractivity contribution in [3.05, 3.63) is 52.0 Å². The summed E-state index contributed by atoms with van der Waals surface area (Å²) in [7, 11) is 0. The SMILES string of the molecule is C=CCN(Cc1cccs1)C(=O)c1nc(N2CCCC2)ncc1Cl. The second-order valence-electron chi connectivity index (χ2n) is 5.61. The van der Waals surface area contributed by atoms with Crippen LogP contribution in [-0.4, -0.2) is 40.4 Å². The molecule has 0 saturated carbocycles. The highest BCUT2D eigenvalue weighted by Gasteiger charge is 2.23. The first kappa shape index (κ1) is 16.9. The fourth-order valence-corrected chi connectivity index (χ4v) is 3.58. The molecule has 0 spiro atoms. The average molecular weight is 363 g/mol. The summed E-state index contributed by atoms with van der Waals surface area (Å²) in [6.07, 6.45) is 5.47. The zero-order valence-electron chi connectivity index (χ0n) is 13.3. The Labute approximate surface area is 150 Å². The van der Waals surface area contributed by atoms with Crippen molar-refractivity contribution >= 4 is 34.8 Å². The third-order valence-corrected chi connectivity index (χ3v) is 5.02. The highest BCUT2D eigenvalue weighted by molar-refractivity contribution is 7.09. The van der Waals surface area contributed by atoms with Gasteiger partial charge in [0.2, 0.25) is 5.95 Å². The minimum absolute atomic E-state index is 0.198. The first-order chi connectivity index (χ1) is 11.7. The van der Waals surface area contributed by atoms with E-state index in [0.717, 1.165) is 30.8 Å². The van der Waals surface area contributed by atoms with Crippen LogP contribution in [0.25, 0.3) is 0 Å². The van der Waals surface area contributed by atoms with Gasteiger partial charge in [0.25, 0.3) is 5.91 Å². The van der Waals surface area contributed by atoms with E-state index in [2.05, 4.69) is 21.4 Å². The molecule has 7 heteroatoms. The van der Waals surface area contributed by atoms with E-state index in [0.29, 0.717) is 19.0 Å². The van der Waals surface area contributed by atoms with E-state index < -0.39 is 0 Å². The van der Waals surface area contributed by atoms with Gasteiger partial charge >= 0.3 is 0 Å². The lowest BCUT2D eigenvalue weighted by molar-refractivity contribution is 0.0758. The van der Waals surface area contributed by atoms with Crippen LogP contribution in [-0.2, 0) is 6.54 Å². The monoisotopic (exact) mass is 362 g/mol. The van der Waals surface area contributed by atoms with Crippen molar-refractivity contribution in [2.75, 3.05) is 24.5 Å². The van der Waals surface area contributed by atoms with Crippen molar-refractivity contribution in [1.29, 1.82) is 0 Å².